The number of rotatable bonds is 5. The van der Waals surface area contributed by atoms with Crippen molar-refractivity contribution in [2.75, 3.05) is 0 Å². The Hall–Kier alpha value is -5.11. The minimum atomic E-state index is -1.59. The summed E-state index contributed by atoms with van der Waals surface area (Å²) in [7, 11) is -1.59. The Morgan fingerprint density at radius 3 is 1.55 bits per heavy atom. The van der Waals surface area contributed by atoms with Gasteiger partial charge in [-0.1, -0.05) is 97.1 Å². The Bertz CT molecular complexity index is 1910. The molecule has 40 heavy (non-hydrogen) atoms. The molecule has 0 aliphatic rings. The Labute approximate surface area is 231 Å². The maximum Gasteiger partial charge on any atom is 0.490 e. The maximum absolute atomic E-state index is 10.2. The van der Waals surface area contributed by atoms with Crippen LogP contribution in [0, 0.1) is 0 Å². The lowest BCUT2D eigenvalue weighted by Gasteiger charge is -2.12. The predicted molar refractivity (Wildman–Crippen MR) is 160 cm³/mol. The summed E-state index contributed by atoms with van der Waals surface area (Å²) < 4.78 is 2.07. The van der Waals surface area contributed by atoms with Crippen molar-refractivity contribution in [3.63, 3.8) is 0 Å². The van der Waals surface area contributed by atoms with E-state index in [1.807, 2.05) is 115 Å². The van der Waals surface area contributed by atoms with Crippen LogP contribution in [0.5, 0.6) is 0 Å². The summed E-state index contributed by atoms with van der Waals surface area (Å²) in [6.07, 6.45) is 0. The van der Waals surface area contributed by atoms with E-state index in [-0.39, 0.29) is 0 Å². The van der Waals surface area contributed by atoms with Crippen LogP contribution < -0.4 is 5.46 Å². The smallest absolute Gasteiger partial charge is 0.423 e. The molecule has 0 atom stereocenters. The Balaban J connectivity index is 1.39. The summed E-state index contributed by atoms with van der Waals surface area (Å²) in [5.74, 6) is 1.79. The number of hydrogen-bond acceptors (Lipinski definition) is 5. The molecule has 7 rings (SSSR count). The first-order chi connectivity index (χ1) is 19.7. The molecule has 7 heteroatoms. The van der Waals surface area contributed by atoms with Gasteiger partial charge in [0, 0.05) is 38.6 Å². The number of aromatic nitrogens is 4. The Kier molecular flexibility index (Phi) is 5.93. The average Bonchev–Trinajstić information content (AvgIpc) is 3.36. The lowest BCUT2D eigenvalue weighted by molar-refractivity contribution is 0.426. The van der Waals surface area contributed by atoms with Gasteiger partial charge in [0.25, 0.3) is 0 Å². The fourth-order valence-corrected chi connectivity index (χ4v) is 5.22. The van der Waals surface area contributed by atoms with Crippen molar-refractivity contribution in [3.8, 4) is 39.9 Å². The molecule has 2 heterocycles. The average molecular weight is 518 g/mol. The molecule has 2 aromatic heterocycles. The summed E-state index contributed by atoms with van der Waals surface area (Å²) in [5, 5.41) is 22.3. The van der Waals surface area contributed by atoms with Crippen LogP contribution in [-0.2, 0) is 0 Å². The molecule has 5 aromatic carbocycles. The monoisotopic (exact) mass is 518 g/mol. The molecule has 0 aliphatic carbocycles. The van der Waals surface area contributed by atoms with Crippen LogP contribution in [0.15, 0.2) is 127 Å². The summed E-state index contributed by atoms with van der Waals surface area (Å²) in [4.78, 5) is 14.4. The van der Waals surface area contributed by atoms with E-state index < -0.39 is 7.12 Å². The molecular weight excluding hydrogens is 495 g/mol. The highest BCUT2D eigenvalue weighted by molar-refractivity contribution is 6.62. The molecule has 2 N–H and O–H groups in total. The van der Waals surface area contributed by atoms with Crippen LogP contribution in [-0.4, -0.2) is 36.7 Å². The van der Waals surface area contributed by atoms with Crippen molar-refractivity contribution in [2.45, 2.75) is 0 Å². The standard InChI is InChI=1S/C33H23BN4O2/c39-34(40)28-16-9-15-27-26-14-7-8-17-29(26)38(30(27)28)25-20-18-24(19-21-25)33-36-31(22-10-3-1-4-11-22)35-32(37-33)23-12-5-2-6-13-23/h1-21,39-40H. The molecule has 0 aliphatic heterocycles. The first-order valence-corrected chi connectivity index (χ1v) is 13.0. The molecule has 0 saturated heterocycles. The molecule has 0 spiro atoms. The normalized spacial score (nSPS) is 11.2. The molecule has 7 aromatic rings. The van der Waals surface area contributed by atoms with Gasteiger partial charge in [0.15, 0.2) is 17.5 Å². The zero-order chi connectivity index (χ0) is 27.1. The minimum Gasteiger partial charge on any atom is -0.423 e. The van der Waals surface area contributed by atoms with Gasteiger partial charge in [0.2, 0.25) is 0 Å². The summed E-state index contributed by atoms with van der Waals surface area (Å²) in [6, 6.07) is 41.5. The van der Waals surface area contributed by atoms with E-state index in [0.717, 1.165) is 44.2 Å². The van der Waals surface area contributed by atoms with Gasteiger partial charge in [-0.2, -0.15) is 0 Å². The second-order valence-electron chi connectivity index (χ2n) is 9.55. The first-order valence-electron chi connectivity index (χ1n) is 13.0. The van der Waals surface area contributed by atoms with Crippen LogP contribution in [0.25, 0.3) is 61.7 Å². The lowest BCUT2D eigenvalue weighted by Crippen LogP contribution is -2.31. The van der Waals surface area contributed by atoms with Crippen LogP contribution in [0.3, 0.4) is 0 Å². The largest absolute Gasteiger partial charge is 0.490 e. The number of hydrogen-bond donors (Lipinski definition) is 2. The van der Waals surface area contributed by atoms with E-state index in [1.165, 1.54) is 0 Å². The summed E-state index contributed by atoms with van der Waals surface area (Å²) in [5.41, 5.74) is 5.78. The van der Waals surface area contributed by atoms with Crippen molar-refractivity contribution in [3.05, 3.63) is 127 Å². The third kappa shape index (κ3) is 4.14. The predicted octanol–water partition coefficient (Wildman–Crippen LogP) is 5.65. The van der Waals surface area contributed by atoms with E-state index in [0.29, 0.717) is 22.9 Å². The zero-order valence-corrected chi connectivity index (χ0v) is 21.4. The highest BCUT2D eigenvalue weighted by Crippen LogP contribution is 2.32. The number of benzene rings is 5. The molecule has 6 nitrogen and oxygen atoms in total. The zero-order valence-electron chi connectivity index (χ0n) is 21.4. The highest BCUT2D eigenvalue weighted by Gasteiger charge is 2.21. The summed E-state index contributed by atoms with van der Waals surface area (Å²) in [6.45, 7) is 0. The third-order valence-electron chi connectivity index (χ3n) is 7.09. The second kappa shape index (κ2) is 9.89. The molecule has 0 fully saturated rings. The van der Waals surface area contributed by atoms with Crippen LogP contribution in [0.4, 0.5) is 0 Å². The molecular formula is C33H23BN4O2. The summed E-state index contributed by atoms with van der Waals surface area (Å²) >= 11 is 0. The van der Waals surface area contributed by atoms with Gasteiger partial charge < -0.3 is 14.6 Å². The van der Waals surface area contributed by atoms with Crippen LogP contribution in [0.2, 0.25) is 0 Å². The fraction of sp³-hybridized carbons (Fsp3) is 0. The maximum atomic E-state index is 10.2. The van der Waals surface area contributed by atoms with E-state index in [4.69, 9.17) is 15.0 Å². The quantitative estimate of drug-likeness (QED) is 0.288. The second-order valence-corrected chi connectivity index (χ2v) is 9.55. The Morgan fingerprint density at radius 1 is 0.475 bits per heavy atom. The van der Waals surface area contributed by atoms with Gasteiger partial charge in [-0.3, -0.25) is 0 Å². The number of fused-ring (bicyclic) bond motifs is 3. The van der Waals surface area contributed by atoms with Crippen molar-refractivity contribution in [1.82, 2.24) is 19.5 Å². The van der Waals surface area contributed by atoms with E-state index in [9.17, 15) is 10.0 Å². The molecule has 0 unspecified atom stereocenters. The van der Waals surface area contributed by atoms with Crippen LogP contribution in [0.1, 0.15) is 0 Å². The van der Waals surface area contributed by atoms with Gasteiger partial charge in [-0.25, -0.2) is 15.0 Å². The fourth-order valence-electron chi connectivity index (χ4n) is 5.22. The SMILES string of the molecule is OB(O)c1cccc2c3ccccc3n(-c3ccc(-c4nc(-c5ccccc5)nc(-c5ccccc5)n4)cc3)c12. The van der Waals surface area contributed by atoms with E-state index in [2.05, 4.69) is 10.6 Å². The molecule has 0 saturated carbocycles. The lowest BCUT2D eigenvalue weighted by atomic mass is 9.79. The van der Waals surface area contributed by atoms with Crippen molar-refractivity contribution < 1.29 is 10.0 Å². The minimum absolute atomic E-state index is 0.454. The van der Waals surface area contributed by atoms with Crippen molar-refractivity contribution in [1.29, 1.82) is 0 Å². The Morgan fingerprint density at radius 2 is 0.975 bits per heavy atom. The highest BCUT2D eigenvalue weighted by atomic mass is 16.4. The molecule has 0 bridgehead atoms. The van der Waals surface area contributed by atoms with E-state index >= 15 is 0 Å². The van der Waals surface area contributed by atoms with Crippen LogP contribution >= 0.6 is 0 Å². The topological polar surface area (TPSA) is 84.1 Å². The molecule has 0 radical (unpaired) electrons. The van der Waals surface area contributed by atoms with Gasteiger partial charge in [-0.05, 0) is 30.3 Å². The van der Waals surface area contributed by atoms with Gasteiger partial charge >= 0.3 is 7.12 Å². The third-order valence-corrected chi connectivity index (χ3v) is 7.09. The van der Waals surface area contributed by atoms with Gasteiger partial charge in [0.1, 0.15) is 0 Å². The van der Waals surface area contributed by atoms with Crippen molar-refractivity contribution >= 4 is 34.4 Å². The van der Waals surface area contributed by atoms with Gasteiger partial charge in [0.05, 0.1) is 11.0 Å². The number of nitrogens with zero attached hydrogens (tertiary/aromatic N) is 4. The van der Waals surface area contributed by atoms with E-state index in [1.54, 1.807) is 6.07 Å². The number of para-hydroxylation sites is 2. The first kappa shape index (κ1) is 24.0. The van der Waals surface area contributed by atoms with Gasteiger partial charge in [-0.15, -0.1) is 0 Å². The van der Waals surface area contributed by atoms with Crippen molar-refractivity contribution in [2.24, 2.45) is 0 Å². The molecule has 0 amide bonds. The molecule has 190 valence electrons.